The molecule has 0 saturated carbocycles. The van der Waals surface area contributed by atoms with Gasteiger partial charge in [-0.1, -0.05) is 26.8 Å². The Morgan fingerprint density at radius 3 is 2.29 bits per heavy atom. The number of pyridine rings is 1. The van der Waals surface area contributed by atoms with Crippen LogP contribution in [-0.4, -0.2) is 31.2 Å². The number of hydrogen-bond donors (Lipinski definition) is 1. The normalized spacial score (nSPS) is 13.2. The van der Waals surface area contributed by atoms with Crippen LogP contribution in [-0.2, 0) is 17.7 Å². The molecule has 1 fully saturated rings. The summed E-state index contributed by atoms with van der Waals surface area (Å²) in [5, 5.41) is 2.64. The van der Waals surface area contributed by atoms with Crippen molar-refractivity contribution in [2.24, 2.45) is 0 Å². The van der Waals surface area contributed by atoms with E-state index in [0.717, 1.165) is 31.0 Å². The highest BCUT2D eigenvalue weighted by Gasteiger charge is 2.01. The van der Waals surface area contributed by atoms with Crippen LogP contribution in [0.5, 0.6) is 0 Å². The molecule has 0 aromatic carbocycles. The summed E-state index contributed by atoms with van der Waals surface area (Å²) >= 11 is 0. The van der Waals surface area contributed by atoms with Gasteiger partial charge in [0.15, 0.2) is 0 Å². The first-order valence-corrected chi connectivity index (χ1v) is 7.73. The summed E-state index contributed by atoms with van der Waals surface area (Å²) in [6.45, 7) is 8.13. The van der Waals surface area contributed by atoms with Gasteiger partial charge in [-0.25, -0.2) is 8.78 Å². The van der Waals surface area contributed by atoms with Gasteiger partial charge in [0, 0.05) is 25.5 Å². The number of rotatable bonds is 5. The highest BCUT2D eigenvalue weighted by molar-refractivity contribution is 5.10. The highest BCUT2D eigenvalue weighted by atomic mass is 19.3. The second-order valence-electron chi connectivity index (χ2n) is 4.32. The first-order valence-electron chi connectivity index (χ1n) is 7.73. The van der Waals surface area contributed by atoms with Crippen molar-refractivity contribution in [1.29, 1.82) is 0 Å². The number of aromatic nitrogens is 1. The molecule has 0 bridgehead atoms. The molecule has 2 heterocycles. The number of halogens is 2. The van der Waals surface area contributed by atoms with Crippen LogP contribution in [0.1, 0.15) is 45.0 Å². The fourth-order valence-corrected chi connectivity index (χ4v) is 1.64. The number of alkyl halides is 2. The van der Waals surface area contributed by atoms with Gasteiger partial charge in [-0.3, -0.25) is 4.98 Å². The molecule has 21 heavy (non-hydrogen) atoms. The Balaban J connectivity index is 0.000000473. The predicted molar refractivity (Wildman–Crippen MR) is 82.7 cm³/mol. The van der Waals surface area contributed by atoms with Crippen molar-refractivity contribution in [1.82, 2.24) is 10.3 Å². The SMILES string of the molecule is C1CCOC1.CC.CCc1cccc(CNCC(F)F)n1. The van der Waals surface area contributed by atoms with E-state index in [4.69, 9.17) is 4.74 Å². The van der Waals surface area contributed by atoms with Gasteiger partial charge in [0.05, 0.1) is 12.2 Å². The van der Waals surface area contributed by atoms with Gasteiger partial charge >= 0.3 is 0 Å². The van der Waals surface area contributed by atoms with Gasteiger partial charge in [-0.15, -0.1) is 0 Å². The molecular formula is C16H28F2N2O. The Hall–Kier alpha value is -1.07. The number of hydrogen-bond acceptors (Lipinski definition) is 3. The van der Waals surface area contributed by atoms with Crippen LogP contribution >= 0.6 is 0 Å². The third-order valence-corrected chi connectivity index (χ3v) is 2.66. The largest absolute Gasteiger partial charge is 0.381 e. The van der Waals surface area contributed by atoms with E-state index in [1.54, 1.807) is 0 Å². The van der Waals surface area contributed by atoms with E-state index < -0.39 is 6.43 Å². The van der Waals surface area contributed by atoms with Gasteiger partial charge in [-0.2, -0.15) is 0 Å². The van der Waals surface area contributed by atoms with E-state index in [-0.39, 0.29) is 6.54 Å². The summed E-state index contributed by atoms with van der Waals surface area (Å²) in [5.74, 6) is 0. The van der Waals surface area contributed by atoms with Gasteiger partial charge in [-0.05, 0) is 31.4 Å². The summed E-state index contributed by atoms with van der Waals surface area (Å²) in [7, 11) is 0. The summed E-state index contributed by atoms with van der Waals surface area (Å²) in [5.41, 5.74) is 1.80. The summed E-state index contributed by atoms with van der Waals surface area (Å²) in [6.07, 6.45) is 1.12. The van der Waals surface area contributed by atoms with Crippen LogP contribution in [0.4, 0.5) is 8.78 Å². The van der Waals surface area contributed by atoms with Crippen LogP contribution < -0.4 is 5.32 Å². The fraction of sp³-hybridized carbons (Fsp3) is 0.688. The van der Waals surface area contributed by atoms with Gasteiger partial charge in [0.25, 0.3) is 6.43 Å². The molecule has 1 aliphatic rings. The maximum atomic E-state index is 11.8. The van der Waals surface area contributed by atoms with E-state index in [1.807, 2.05) is 39.0 Å². The molecule has 0 spiro atoms. The monoisotopic (exact) mass is 302 g/mol. The third kappa shape index (κ3) is 11.3. The lowest BCUT2D eigenvalue weighted by molar-refractivity contribution is 0.145. The average molecular weight is 302 g/mol. The lowest BCUT2D eigenvalue weighted by Crippen LogP contribution is -2.21. The van der Waals surface area contributed by atoms with E-state index in [0.29, 0.717) is 6.54 Å². The molecular weight excluding hydrogens is 274 g/mol. The Bertz CT molecular complexity index is 337. The second kappa shape index (κ2) is 13.9. The third-order valence-electron chi connectivity index (χ3n) is 2.66. The predicted octanol–water partition coefficient (Wildman–Crippen LogP) is 3.82. The molecule has 1 aromatic heterocycles. The average Bonchev–Trinajstić information content (AvgIpc) is 3.09. The zero-order valence-electron chi connectivity index (χ0n) is 13.4. The molecule has 5 heteroatoms. The van der Waals surface area contributed by atoms with Crippen LogP contribution in [0.3, 0.4) is 0 Å². The Morgan fingerprint density at radius 2 is 1.81 bits per heavy atom. The number of ether oxygens (including phenoxy) is 1. The maximum Gasteiger partial charge on any atom is 0.250 e. The van der Waals surface area contributed by atoms with Crippen LogP contribution in [0.15, 0.2) is 18.2 Å². The first kappa shape index (κ1) is 19.9. The van der Waals surface area contributed by atoms with Crippen molar-refractivity contribution < 1.29 is 13.5 Å². The van der Waals surface area contributed by atoms with Crippen molar-refractivity contribution in [2.75, 3.05) is 19.8 Å². The molecule has 2 rings (SSSR count). The minimum atomic E-state index is -2.30. The van der Waals surface area contributed by atoms with Crippen molar-refractivity contribution >= 4 is 0 Å². The minimum absolute atomic E-state index is 0.280. The molecule has 1 aliphatic heterocycles. The summed E-state index contributed by atoms with van der Waals surface area (Å²) in [6, 6.07) is 5.65. The zero-order valence-corrected chi connectivity index (χ0v) is 13.4. The topological polar surface area (TPSA) is 34.1 Å². The lowest BCUT2D eigenvalue weighted by Gasteiger charge is -2.04. The molecule has 122 valence electrons. The van der Waals surface area contributed by atoms with Crippen molar-refractivity contribution in [3.8, 4) is 0 Å². The minimum Gasteiger partial charge on any atom is -0.381 e. The first-order chi connectivity index (χ1) is 10.2. The lowest BCUT2D eigenvalue weighted by atomic mass is 10.2. The molecule has 0 radical (unpaired) electrons. The fourth-order valence-electron chi connectivity index (χ4n) is 1.64. The van der Waals surface area contributed by atoms with Crippen molar-refractivity contribution in [3.05, 3.63) is 29.6 Å². The van der Waals surface area contributed by atoms with Crippen LogP contribution in [0.2, 0.25) is 0 Å². The second-order valence-corrected chi connectivity index (χ2v) is 4.32. The molecule has 1 aromatic rings. The molecule has 0 amide bonds. The smallest absolute Gasteiger partial charge is 0.250 e. The van der Waals surface area contributed by atoms with Gasteiger partial charge < -0.3 is 10.1 Å². The van der Waals surface area contributed by atoms with E-state index >= 15 is 0 Å². The quantitative estimate of drug-likeness (QED) is 0.898. The standard InChI is InChI=1S/C10H14F2N2.C4H8O.C2H6/c1-2-8-4-3-5-9(14-8)6-13-7-10(11)12;1-2-4-5-3-1;1-2/h3-5,10,13H,2,6-7H2,1H3;1-4H2;1-2H3. The van der Waals surface area contributed by atoms with Crippen LogP contribution in [0.25, 0.3) is 0 Å². The Kier molecular flexibility index (Phi) is 13.2. The molecule has 1 N–H and O–H groups in total. The Morgan fingerprint density at radius 1 is 1.19 bits per heavy atom. The van der Waals surface area contributed by atoms with Crippen molar-refractivity contribution in [3.63, 3.8) is 0 Å². The molecule has 3 nitrogen and oxygen atoms in total. The van der Waals surface area contributed by atoms with E-state index in [1.165, 1.54) is 12.8 Å². The molecule has 0 atom stereocenters. The zero-order chi connectivity index (χ0) is 15.9. The summed E-state index contributed by atoms with van der Waals surface area (Å²) in [4.78, 5) is 4.28. The molecule has 0 unspecified atom stereocenters. The van der Waals surface area contributed by atoms with E-state index in [9.17, 15) is 8.78 Å². The van der Waals surface area contributed by atoms with Crippen LogP contribution in [0, 0.1) is 0 Å². The number of nitrogens with zero attached hydrogens (tertiary/aromatic N) is 1. The van der Waals surface area contributed by atoms with Gasteiger partial charge in [0.2, 0.25) is 0 Å². The molecule has 1 saturated heterocycles. The Labute approximate surface area is 127 Å². The van der Waals surface area contributed by atoms with Gasteiger partial charge in [0.1, 0.15) is 0 Å². The number of aryl methyl sites for hydroxylation is 1. The number of nitrogens with one attached hydrogen (secondary N) is 1. The highest BCUT2D eigenvalue weighted by Crippen LogP contribution is 2.00. The van der Waals surface area contributed by atoms with Crippen molar-refractivity contribution in [2.45, 2.75) is 53.0 Å². The maximum absolute atomic E-state index is 11.8. The molecule has 0 aliphatic carbocycles. The van der Waals surface area contributed by atoms with E-state index in [2.05, 4.69) is 10.3 Å². The summed E-state index contributed by atoms with van der Waals surface area (Å²) < 4.78 is 28.5.